The lowest BCUT2D eigenvalue weighted by atomic mass is 9.87. The molecule has 0 aliphatic carbocycles. The molecule has 1 rings (SSSR count). The number of benzene rings is 1. The van der Waals surface area contributed by atoms with E-state index in [1.165, 1.54) is 6.07 Å². The first-order chi connectivity index (χ1) is 8.75. The van der Waals surface area contributed by atoms with Gasteiger partial charge in [-0.25, -0.2) is 0 Å². The molecule has 0 aromatic heterocycles. The molecule has 0 spiro atoms. The SMILES string of the molecule is CC(C)(C)[C@@H](CO)NCc1ccc(Br)c([N+](=O)[O-])c1. The first kappa shape index (κ1) is 16.1. The average Bonchev–Trinajstić information content (AvgIpc) is 2.29. The summed E-state index contributed by atoms with van der Waals surface area (Å²) >= 11 is 3.15. The highest BCUT2D eigenvalue weighted by atomic mass is 79.9. The Morgan fingerprint density at radius 1 is 1.47 bits per heavy atom. The summed E-state index contributed by atoms with van der Waals surface area (Å²) in [5, 5.41) is 23.4. The number of nitro groups is 1. The molecule has 0 radical (unpaired) electrons. The fraction of sp³-hybridized carbons (Fsp3) is 0.538. The number of aliphatic hydroxyl groups excluding tert-OH is 1. The first-order valence-electron chi connectivity index (χ1n) is 6.02. The number of hydrogen-bond donors (Lipinski definition) is 2. The lowest BCUT2D eigenvalue weighted by Gasteiger charge is -2.30. The van der Waals surface area contributed by atoms with Crippen LogP contribution in [0, 0.1) is 15.5 Å². The minimum absolute atomic E-state index is 0.0299. The van der Waals surface area contributed by atoms with Crippen LogP contribution >= 0.6 is 15.9 Å². The third-order valence-corrected chi connectivity index (χ3v) is 3.66. The normalized spacial score (nSPS) is 13.3. The number of nitrogens with zero attached hydrogens (tertiary/aromatic N) is 1. The summed E-state index contributed by atoms with van der Waals surface area (Å²) in [6, 6.07) is 4.96. The van der Waals surface area contributed by atoms with Gasteiger partial charge in [-0.15, -0.1) is 0 Å². The molecule has 0 heterocycles. The number of halogens is 1. The van der Waals surface area contributed by atoms with Gasteiger partial charge in [0.25, 0.3) is 5.69 Å². The van der Waals surface area contributed by atoms with E-state index >= 15 is 0 Å². The molecule has 1 aromatic rings. The third kappa shape index (κ3) is 4.56. The van der Waals surface area contributed by atoms with Crippen LogP contribution in [0.2, 0.25) is 0 Å². The van der Waals surface area contributed by atoms with E-state index in [1.54, 1.807) is 6.07 Å². The fourth-order valence-corrected chi connectivity index (χ4v) is 2.09. The molecule has 1 aromatic carbocycles. The van der Waals surface area contributed by atoms with E-state index in [2.05, 4.69) is 21.2 Å². The monoisotopic (exact) mass is 330 g/mol. The van der Waals surface area contributed by atoms with Crippen LogP contribution in [-0.4, -0.2) is 22.7 Å². The molecule has 106 valence electrons. The predicted molar refractivity (Wildman–Crippen MR) is 78.0 cm³/mol. The van der Waals surface area contributed by atoms with Gasteiger partial charge in [-0.2, -0.15) is 0 Å². The van der Waals surface area contributed by atoms with Crippen molar-refractivity contribution in [3.8, 4) is 0 Å². The summed E-state index contributed by atoms with van der Waals surface area (Å²) in [7, 11) is 0. The zero-order valence-corrected chi connectivity index (χ0v) is 12.9. The van der Waals surface area contributed by atoms with Crippen LogP contribution in [0.15, 0.2) is 22.7 Å². The van der Waals surface area contributed by atoms with Crippen molar-refractivity contribution < 1.29 is 10.0 Å². The Labute approximate surface area is 121 Å². The maximum Gasteiger partial charge on any atom is 0.283 e. The van der Waals surface area contributed by atoms with Crippen LogP contribution in [0.4, 0.5) is 5.69 Å². The quantitative estimate of drug-likeness (QED) is 0.643. The van der Waals surface area contributed by atoms with E-state index in [1.807, 2.05) is 26.8 Å². The summed E-state index contributed by atoms with van der Waals surface area (Å²) in [6.07, 6.45) is 0. The fourth-order valence-electron chi connectivity index (χ4n) is 1.69. The van der Waals surface area contributed by atoms with Crippen LogP contribution in [0.1, 0.15) is 26.3 Å². The number of nitrogens with one attached hydrogen (secondary N) is 1. The smallest absolute Gasteiger partial charge is 0.283 e. The van der Waals surface area contributed by atoms with E-state index in [4.69, 9.17) is 0 Å². The molecular formula is C13H19BrN2O3. The summed E-state index contributed by atoms with van der Waals surface area (Å²) in [6.45, 7) is 6.61. The van der Waals surface area contributed by atoms with E-state index in [0.29, 0.717) is 11.0 Å². The highest BCUT2D eigenvalue weighted by molar-refractivity contribution is 9.10. The molecule has 0 aliphatic heterocycles. The van der Waals surface area contributed by atoms with E-state index in [9.17, 15) is 15.2 Å². The molecule has 0 bridgehead atoms. The molecule has 1 atom stereocenters. The number of nitro benzene ring substituents is 1. The lowest BCUT2D eigenvalue weighted by molar-refractivity contribution is -0.385. The second-order valence-corrected chi connectivity index (χ2v) is 6.38. The van der Waals surface area contributed by atoms with Crippen molar-refractivity contribution in [2.24, 2.45) is 5.41 Å². The van der Waals surface area contributed by atoms with Gasteiger partial charge >= 0.3 is 0 Å². The summed E-state index contributed by atoms with van der Waals surface area (Å²) in [5.74, 6) is 0. The van der Waals surface area contributed by atoms with Gasteiger partial charge in [-0.3, -0.25) is 10.1 Å². The zero-order valence-electron chi connectivity index (χ0n) is 11.3. The zero-order chi connectivity index (χ0) is 14.6. The van der Waals surface area contributed by atoms with Crippen molar-refractivity contribution in [1.82, 2.24) is 5.32 Å². The van der Waals surface area contributed by atoms with Gasteiger partial charge in [0.1, 0.15) is 0 Å². The van der Waals surface area contributed by atoms with Crippen LogP contribution in [0.25, 0.3) is 0 Å². The second-order valence-electron chi connectivity index (χ2n) is 5.52. The maximum atomic E-state index is 10.8. The van der Waals surface area contributed by atoms with Crippen LogP contribution in [0.5, 0.6) is 0 Å². The molecule has 0 aliphatic rings. The van der Waals surface area contributed by atoms with Crippen molar-refractivity contribution in [3.63, 3.8) is 0 Å². The van der Waals surface area contributed by atoms with Crippen LogP contribution in [0.3, 0.4) is 0 Å². The molecule has 2 N–H and O–H groups in total. The molecule has 0 saturated carbocycles. The van der Waals surface area contributed by atoms with Gasteiger partial charge in [0, 0.05) is 18.7 Å². The third-order valence-electron chi connectivity index (χ3n) is 2.99. The molecule has 0 saturated heterocycles. The minimum Gasteiger partial charge on any atom is -0.395 e. The number of aliphatic hydroxyl groups is 1. The van der Waals surface area contributed by atoms with E-state index < -0.39 is 4.92 Å². The van der Waals surface area contributed by atoms with E-state index in [0.717, 1.165) is 5.56 Å². The Morgan fingerprint density at radius 3 is 2.58 bits per heavy atom. The lowest BCUT2D eigenvalue weighted by Crippen LogP contribution is -2.42. The molecular weight excluding hydrogens is 312 g/mol. The van der Waals surface area contributed by atoms with Gasteiger partial charge in [0.15, 0.2) is 0 Å². The molecule has 6 heteroatoms. The van der Waals surface area contributed by atoms with Gasteiger partial charge in [-0.1, -0.05) is 26.8 Å². The Balaban J connectivity index is 2.78. The molecule has 19 heavy (non-hydrogen) atoms. The summed E-state index contributed by atoms with van der Waals surface area (Å²) in [5.41, 5.74) is 0.795. The number of rotatable bonds is 5. The largest absolute Gasteiger partial charge is 0.395 e. The van der Waals surface area contributed by atoms with Crippen LogP contribution in [-0.2, 0) is 6.54 Å². The second kappa shape index (κ2) is 6.45. The van der Waals surface area contributed by atoms with Gasteiger partial charge in [0.05, 0.1) is 16.0 Å². The Kier molecular flexibility index (Phi) is 5.46. The van der Waals surface area contributed by atoms with E-state index in [-0.39, 0.29) is 23.8 Å². The minimum atomic E-state index is -0.416. The van der Waals surface area contributed by atoms with Crippen LogP contribution < -0.4 is 5.32 Å². The van der Waals surface area contributed by atoms with Crippen molar-refractivity contribution in [3.05, 3.63) is 38.3 Å². The molecule has 0 amide bonds. The first-order valence-corrected chi connectivity index (χ1v) is 6.82. The summed E-state index contributed by atoms with van der Waals surface area (Å²) < 4.78 is 0.468. The summed E-state index contributed by atoms with van der Waals surface area (Å²) in [4.78, 5) is 10.4. The topological polar surface area (TPSA) is 75.4 Å². The van der Waals surface area contributed by atoms with Gasteiger partial charge in [0.2, 0.25) is 0 Å². The highest BCUT2D eigenvalue weighted by Crippen LogP contribution is 2.26. The molecule has 0 fully saturated rings. The average molecular weight is 331 g/mol. The Hall–Kier alpha value is -0.980. The predicted octanol–water partition coefficient (Wildman–Crippen LogP) is 2.85. The molecule has 0 unspecified atom stereocenters. The van der Waals surface area contributed by atoms with Gasteiger partial charge in [-0.05, 0) is 33.0 Å². The van der Waals surface area contributed by atoms with Crippen molar-refractivity contribution in [2.45, 2.75) is 33.4 Å². The Bertz CT molecular complexity index is 458. The maximum absolute atomic E-state index is 10.8. The molecule has 5 nitrogen and oxygen atoms in total. The van der Waals surface area contributed by atoms with Crippen molar-refractivity contribution in [1.29, 1.82) is 0 Å². The highest BCUT2D eigenvalue weighted by Gasteiger charge is 2.23. The van der Waals surface area contributed by atoms with Crippen molar-refractivity contribution in [2.75, 3.05) is 6.61 Å². The standard InChI is InChI=1S/C13H19BrN2O3/c1-13(2,3)12(8-17)15-7-9-4-5-10(14)11(6-9)16(18)19/h4-6,12,15,17H,7-8H2,1-3H3/t12-/m1/s1. The van der Waals surface area contributed by atoms with Gasteiger partial charge < -0.3 is 10.4 Å². The Morgan fingerprint density at radius 2 is 2.11 bits per heavy atom. The van der Waals surface area contributed by atoms with Crippen molar-refractivity contribution >= 4 is 21.6 Å². The number of hydrogen-bond acceptors (Lipinski definition) is 4.